The summed E-state index contributed by atoms with van der Waals surface area (Å²) < 4.78 is 5.73. The number of benzene rings is 3. The minimum absolute atomic E-state index is 0.0646. The zero-order chi connectivity index (χ0) is 19.8. The highest BCUT2D eigenvalue weighted by Gasteiger charge is 2.13. The molecule has 0 spiro atoms. The summed E-state index contributed by atoms with van der Waals surface area (Å²) in [7, 11) is 0. The normalized spacial score (nSPS) is 11.0. The number of carbonyl (C=O) groups is 1. The maximum absolute atomic E-state index is 13.0. The minimum Gasteiger partial charge on any atom is -0.491 e. The standard InChI is InChI=1S/C25H25NO2/c1-20(2)28-24-15-9-12-21(18-24)16-17-25(27)26(23-13-7-4-8-14-23)19-22-10-5-3-6-11-22/h3-18,20H,19H2,1-2H3/b17-16+. The predicted octanol–water partition coefficient (Wildman–Crippen LogP) is 5.72. The number of hydrogen-bond donors (Lipinski definition) is 0. The Morgan fingerprint density at radius 3 is 2.29 bits per heavy atom. The SMILES string of the molecule is CC(C)Oc1cccc(/C=C/C(=O)N(Cc2ccccc2)c2ccccc2)c1. The molecule has 0 aromatic heterocycles. The first-order valence-electron chi connectivity index (χ1n) is 9.47. The van der Waals surface area contributed by atoms with Crippen LogP contribution in [-0.4, -0.2) is 12.0 Å². The number of para-hydroxylation sites is 1. The number of hydrogen-bond acceptors (Lipinski definition) is 2. The molecule has 0 saturated heterocycles. The molecule has 3 rings (SSSR count). The smallest absolute Gasteiger partial charge is 0.251 e. The van der Waals surface area contributed by atoms with Crippen LogP contribution < -0.4 is 9.64 Å². The number of anilines is 1. The van der Waals surface area contributed by atoms with Crippen molar-refractivity contribution in [2.45, 2.75) is 26.5 Å². The van der Waals surface area contributed by atoms with Crippen LogP contribution in [0.3, 0.4) is 0 Å². The molecule has 1 amide bonds. The molecule has 3 aromatic rings. The van der Waals surface area contributed by atoms with Gasteiger partial charge in [0, 0.05) is 11.8 Å². The van der Waals surface area contributed by atoms with Gasteiger partial charge in [-0.15, -0.1) is 0 Å². The lowest BCUT2D eigenvalue weighted by Gasteiger charge is -2.21. The lowest BCUT2D eigenvalue weighted by atomic mass is 10.1. The van der Waals surface area contributed by atoms with Crippen LogP contribution >= 0.6 is 0 Å². The third kappa shape index (κ3) is 5.58. The fraction of sp³-hybridized carbons (Fsp3) is 0.160. The summed E-state index contributed by atoms with van der Waals surface area (Å²) in [5.74, 6) is 0.735. The van der Waals surface area contributed by atoms with Gasteiger partial charge in [-0.25, -0.2) is 0 Å². The third-order valence-electron chi connectivity index (χ3n) is 4.17. The molecular weight excluding hydrogens is 346 g/mol. The van der Waals surface area contributed by atoms with Crippen molar-refractivity contribution in [1.29, 1.82) is 0 Å². The van der Waals surface area contributed by atoms with E-state index in [1.54, 1.807) is 11.0 Å². The zero-order valence-electron chi connectivity index (χ0n) is 16.3. The quantitative estimate of drug-likeness (QED) is 0.497. The van der Waals surface area contributed by atoms with Crippen LogP contribution in [0.1, 0.15) is 25.0 Å². The summed E-state index contributed by atoms with van der Waals surface area (Å²) in [4.78, 5) is 14.8. The molecular formula is C25H25NO2. The summed E-state index contributed by atoms with van der Waals surface area (Å²) >= 11 is 0. The molecule has 3 heteroatoms. The number of amides is 1. The van der Waals surface area contributed by atoms with Crippen molar-refractivity contribution in [1.82, 2.24) is 0 Å². The summed E-state index contributed by atoms with van der Waals surface area (Å²) in [6.45, 7) is 4.51. The van der Waals surface area contributed by atoms with Crippen molar-refractivity contribution >= 4 is 17.7 Å². The molecule has 0 bridgehead atoms. The Bertz CT molecular complexity index is 918. The van der Waals surface area contributed by atoms with Crippen molar-refractivity contribution in [3.05, 3.63) is 102 Å². The van der Waals surface area contributed by atoms with E-state index in [1.165, 1.54) is 0 Å². The van der Waals surface area contributed by atoms with Gasteiger partial charge in [0.1, 0.15) is 5.75 Å². The van der Waals surface area contributed by atoms with Gasteiger partial charge >= 0.3 is 0 Å². The zero-order valence-corrected chi connectivity index (χ0v) is 16.3. The third-order valence-corrected chi connectivity index (χ3v) is 4.17. The molecule has 0 saturated carbocycles. The number of ether oxygens (including phenoxy) is 1. The lowest BCUT2D eigenvalue weighted by molar-refractivity contribution is -0.114. The van der Waals surface area contributed by atoms with Crippen molar-refractivity contribution in [3.8, 4) is 5.75 Å². The average molecular weight is 371 g/mol. The van der Waals surface area contributed by atoms with Gasteiger partial charge in [0.25, 0.3) is 5.91 Å². The summed E-state index contributed by atoms with van der Waals surface area (Å²) in [6.07, 6.45) is 3.56. The van der Waals surface area contributed by atoms with Gasteiger partial charge in [0.15, 0.2) is 0 Å². The largest absolute Gasteiger partial charge is 0.491 e. The van der Waals surface area contributed by atoms with Gasteiger partial charge < -0.3 is 9.64 Å². The molecule has 0 heterocycles. The van der Waals surface area contributed by atoms with Gasteiger partial charge in [0.05, 0.1) is 12.6 Å². The van der Waals surface area contributed by atoms with Crippen LogP contribution in [0, 0.1) is 0 Å². The van der Waals surface area contributed by atoms with Gasteiger partial charge in [-0.2, -0.15) is 0 Å². The molecule has 3 nitrogen and oxygen atoms in total. The Morgan fingerprint density at radius 2 is 1.61 bits per heavy atom. The van der Waals surface area contributed by atoms with Crippen LogP contribution in [0.4, 0.5) is 5.69 Å². The maximum Gasteiger partial charge on any atom is 0.251 e. The molecule has 0 N–H and O–H groups in total. The van der Waals surface area contributed by atoms with Crippen molar-refractivity contribution < 1.29 is 9.53 Å². The molecule has 0 aliphatic rings. The molecule has 142 valence electrons. The van der Waals surface area contributed by atoms with Crippen LogP contribution in [0.25, 0.3) is 6.08 Å². The van der Waals surface area contributed by atoms with E-state index in [1.807, 2.05) is 105 Å². The van der Waals surface area contributed by atoms with E-state index < -0.39 is 0 Å². The number of nitrogens with zero attached hydrogens (tertiary/aromatic N) is 1. The van der Waals surface area contributed by atoms with E-state index in [2.05, 4.69) is 0 Å². The summed E-state index contributed by atoms with van der Waals surface area (Å²) in [6, 6.07) is 27.5. The molecule has 0 unspecified atom stereocenters. The van der Waals surface area contributed by atoms with Gasteiger partial charge in [-0.05, 0) is 55.3 Å². The predicted molar refractivity (Wildman–Crippen MR) is 115 cm³/mol. The summed E-state index contributed by atoms with van der Waals surface area (Å²) in [5.41, 5.74) is 2.89. The first kappa shape index (κ1) is 19.4. The van der Waals surface area contributed by atoms with Crippen LogP contribution in [0.2, 0.25) is 0 Å². The average Bonchev–Trinajstić information content (AvgIpc) is 2.71. The molecule has 0 aliphatic carbocycles. The topological polar surface area (TPSA) is 29.5 Å². The van der Waals surface area contributed by atoms with Crippen LogP contribution in [0.15, 0.2) is 91.0 Å². The second-order valence-electron chi connectivity index (χ2n) is 6.82. The fourth-order valence-electron chi connectivity index (χ4n) is 2.89. The molecule has 0 aliphatic heterocycles. The molecule has 0 radical (unpaired) electrons. The Morgan fingerprint density at radius 1 is 0.929 bits per heavy atom. The number of carbonyl (C=O) groups excluding carboxylic acids is 1. The van der Waals surface area contributed by atoms with Crippen LogP contribution in [-0.2, 0) is 11.3 Å². The summed E-state index contributed by atoms with van der Waals surface area (Å²) in [5, 5.41) is 0. The van der Waals surface area contributed by atoms with E-state index in [4.69, 9.17) is 4.74 Å². The molecule has 0 fully saturated rings. The Kier molecular flexibility index (Phi) is 6.64. The van der Waals surface area contributed by atoms with E-state index in [0.29, 0.717) is 6.54 Å². The highest BCUT2D eigenvalue weighted by atomic mass is 16.5. The van der Waals surface area contributed by atoms with E-state index in [0.717, 1.165) is 22.6 Å². The molecule has 3 aromatic carbocycles. The first-order valence-corrected chi connectivity index (χ1v) is 9.47. The van der Waals surface area contributed by atoms with E-state index in [-0.39, 0.29) is 12.0 Å². The maximum atomic E-state index is 13.0. The van der Waals surface area contributed by atoms with Crippen molar-refractivity contribution in [3.63, 3.8) is 0 Å². The fourth-order valence-corrected chi connectivity index (χ4v) is 2.89. The van der Waals surface area contributed by atoms with Crippen molar-refractivity contribution in [2.24, 2.45) is 0 Å². The number of rotatable bonds is 7. The molecule has 28 heavy (non-hydrogen) atoms. The van der Waals surface area contributed by atoms with E-state index >= 15 is 0 Å². The highest BCUT2D eigenvalue weighted by molar-refractivity contribution is 6.03. The van der Waals surface area contributed by atoms with E-state index in [9.17, 15) is 4.79 Å². The van der Waals surface area contributed by atoms with Gasteiger partial charge in [-0.1, -0.05) is 60.7 Å². The van der Waals surface area contributed by atoms with Gasteiger partial charge in [0.2, 0.25) is 0 Å². The van der Waals surface area contributed by atoms with Crippen LogP contribution in [0.5, 0.6) is 5.75 Å². The molecule has 0 atom stereocenters. The van der Waals surface area contributed by atoms with Gasteiger partial charge in [-0.3, -0.25) is 4.79 Å². The Hall–Kier alpha value is -3.33. The van der Waals surface area contributed by atoms with Crippen molar-refractivity contribution in [2.75, 3.05) is 4.90 Å². The second kappa shape index (κ2) is 9.56. The first-order chi connectivity index (χ1) is 13.6. The lowest BCUT2D eigenvalue weighted by Crippen LogP contribution is -2.28. The monoisotopic (exact) mass is 371 g/mol. The second-order valence-corrected chi connectivity index (χ2v) is 6.82. The Labute approximate surface area is 166 Å². The Balaban J connectivity index is 1.80. The highest BCUT2D eigenvalue weighted by Crippen LogP contribution is 2.19. The minimum atomic E-state index is -0.0646.